The third-order valence-corrected chi connectivity index (χ3v) is 5.65. The number of hydrogen-bond acceptors (Lipinski definition) is 5. The minimum atomic E-state index is -3.03. The van der Waals surface area contributed by atoms with Crippen LogP contribution in [0.25, 0.3) is 0 Å². The lowest BCUT2D eigenvalue weighted by Gasteiger charge is -2.24. The fourth-order valence-corrected chi connectivity index (χ4v) is 4.94. The molecule has 20 heavy (non-hydrogen) atoms. The third-order valence-electron chi connectivity index (χ3n) is 3.76. The number of carbonyl (C=O) groups is 1. The van der Waals surface area contributed by atoms with Crippen LogP contribution in [-0.4, -0.2) is 42.3 Å². The number of rotatable bonds is 3. The molecule has 1 aliphatic heterocycles. The van der Waals surface area contributed by atoms with Crippen LogP contribution in [0.1, 0.15) is 42.0 Å². The molecule has 0 saturated carbocycles. The highest BCUT2D eigenvalue weighted by Crippen LogP contribution is 2.32. The van der Waals surface area contributed by atoms with Gasteiger partial charge in [-0.3, -0.25) is 4.68 Å². The molecule has 2 rings (SSSR count). The van der Waals surface area contributed by atoms with E-state index < -0.39 is 21.3 Å². The summed E-state index contributed by atoms with van der Waals surface area (Å²) in [6.45, 7) is 7.43. The Hall–Kier alpha value is -1.37. The van der Waals surface area contributed by atoms with Crippen molar-refractivity contribution in [3.05, 3.63) is 17.0 Å². The van der Waals surface area contributed by atoms with Gasteiger partial charge in [-0.2, -0.15) is 5.10 Å². The Bertz CT molecular complexity index is 648. The Labute approximate surface area is 119 Å². The fourth-order valence-electron chi connectivity index (χ4n) is 2.83. The molecule has 0 N–H and O–H groups in total. The lowest BCUT2D eigenvalue weighted by atomic mass is 10.0. The highest BCUT2D eigenvalue weighted by Gasteiger charge is 2.42. The molecule has 112 valence electrons. The van der Waals surface area contributed by atoms with E-state index in [9.17, 15) is 13.2 Å². The van der Waals surface area contributed by atoms with Gasteiger partial charge in [0.15, 0.2) is 9.84 Å². The number of aromatic nitrogens is 2. The van der Waals surface area contributed by atoms with Crippen molar-refractivity contribution in [3.8, 4) is 0 Å². The molecule has 1 saturated heterocycles. The smallest absolute Gasteiger partial charge is 0.341 e. The predicted octanol–water partition coefficient (Wildman–Crippen LogP) is 1.21. The van der Waals surface area contributed by atoms with Crippen LogP contribution in [0, 0.1) is 13.8 Å². The van der Waals surface area contributed by atoms with Crippen LogP contribution in [-0.2, 0) is 20.1 Å². The van der Waals surface area contributed by atoms with Crippen LogP contribution in [0.15, 0.2) is 0 Å². The van der Waals surface area contributed by atoms with E-state index >= 15 is 0 Å². The molecular formula is C13H20N2O4S. The van der Waals surface area contributed by atoms with Crippen LogP contribution in [0.2, 0.25) is 0 Å². The fraction of sp³-hybridized carbons (Fsp3) is 0.692. The van der Waals surface area contributed by atoms with Gasteiger partial charge in [0.05, 0.1) is 35.0 Å². The van der Waals surface area contributed by atoms with Crippen LogP contribution < -0.4 is 0 Å². The molecule has 1 aliphatic rings. The van der Waals surface area contributed by atoms with Crippen molar-refractivity contribution < 1.29 is 17.9 Å². The van der Waals surface area contributed by atoms with Crippen molar-refractivity contribution in [2.24, 2.45) is 0 Å². The molecule has 6 nitrogen and oxygen atoms in total. The first-order chi connectivity index (χ1) is 9.20. The normalized spacial score (nSPS) is 24.8. The largest absolute Gasteiger partial charge is 0.462 e. The van der Waals surface area contributed by atoms with Gasteiger partial charge >= 0.3 is 5.97 Å². The number of esters is 1. The highest BCUT2D eigenvalue weighted by atomic mass is 32.2. The van der Waals surface area contributed by atoms with E-state index in [4.69, 9.17) is 4.74 Å². The molecule has 0 aromatic carbocycles. The Balaban J connectivity index is 2.45. The zero-order valence-electron chi connectivity index (χ0n) is 12.3. The molecule has 1 unspecified atom stereocenters. The zero-order chi connectivity index (χ0) is 15.1. The molecule has 2 heterocycles. The number of hydrogen-bond donors (Lipinski definition) is 0. The van der Waals surface area contributed by atoms with E-state index in [0.717, 1.165) is 0 Å². The van der Waals surface area contributed by atoms with Crippen molar-refractivity contribution in [1.82, 2.24) is 9.78 Å². The molecule has 1 aromatic rings. The van der Waals surface area contributed by atoms with Gasteiger partial charge in [-0.25, -0.2) is 13.2 Å². The summed E-state index contributed by atoms with van der Waals surface area (Å²) in [5.41, 5.74) is 1.10. The number of sulfone groups is 1. The molecule has 1 atom stereocenters. The Morgan fingerprint density at radius 3 is 2.60 bits per heavy atom. The van der Waals surface area contributed by atoms with Crippen LogP contribution in [0.3, 0.4) is 0 Å². The van der Waals surface area contributed by atoms with Crippen molar-refractivity contribution in [3.63, 3.8) is 0 Å². The predicted molar refractivity (Wildman–Crippen MR) is 74.6 cm³/mol. The first kappa shape index (κ1) is 15.0. The highest BCUT2D eigenvalue weighted by molar-refractivity contribution is 7.91. The second-order valence-electron chi connectivity index (χ2n) is 5.52. The summed E-state index contributed by atoms with van der Waals surface area (Å²) < 4.78 is 30.2. The lowest BCUT2D eigenvalue weighted by molar-refractivity contribution is 0.0524. The van der Waals surface area contributed by atoms with E-state index in [1.807, 2.05) is 6.92 Å². The minimum absolute atomic E-state index is 0.0597. The molecule has 0 amide bonds. The monoisotopic (exact) mass is 300 g/mol. The van der Waals surface area contributed by atoms with E-state index in [1.165, 1.54) is 0 Å². The summed E-state index contributed by atoms with van der Waals surface area (Å²) in [7, 11) is -3.03. The average Bonchev–Trinajstić information content (AvgIpc) is 2.77. The maximum atomic E-state index is 12.0. The average molecular weight is 300 g/mol. The summed E-state index contributed by atoms with van der Waals surface area (Å²) >= 11 is 0. The number of carbonyl (C=O) groups excluding carboxylic acids is 1. The first-order valence-corrected chi connectivity index (χ1v) is 8.46. The number of ether oxygens (including phenoxy) is 1. The standard InChI is InChI=1S/C13H20N2O4S/c1-5-19-12(16)11-9(2)14-15(10(11)3)13(4)6-7-20(17,18)8-13/h5-8H2,1-4H3. The number of nitrogens with zero attached hydrogens (tertiary/aromatic N) is 2. The molecular weight excluding hydrogens is 280 g/mol. The van der Waals surface area contributed by atoms with Crippen molar-refractivity contribution in [2.75, 3.05) is 18.1 Å². The first-order valence-electron chi connectivity index (χ1n) is 6.64. The van der Waals surface area contributed by atoms with Crippen LogP contribution in [0.4, 0.5) is 0 Å². The van der Waals surface area contributed by atoms with E-state index in [-0.39, 0.29) is 11.5 Å². The summed E-state index contributed by atoms with van der Waals surface area (Å²) in [4.78, 5) is 12.0. The Morgan fingerprint density at radius 2 is 2.10 bits per heavy atom. The van der Waals surface area contributed by atoms with Crippen LogP contribution >= 0.6 is 0 Å². The summed E-state index contributed by atoms with van der Waals surface area (Å²) in [5, 5.41) is 4.38. The van der Waals surface area contributed by atoms with Gasteiger partial charge < -0.3 is 4.74 Å². The van der Waals surface area contributed by atoms with Gasteiger partial charge in [-0.15, -0.1) is 0 Å². The van der Waals surface area contributed by atoms with Gasteiger partial charge in [0.1, 0.15) is 5.56 Å². The molecule has 0 aliphatic carbocycles. The Kier molecular flexibility index (Phi) is 3.66. The maximum absolute atomic E-state index is 12.0. The van der Waals surface area contributed by atoms with Crippen molar-refractivity contribution in [2.45, 2.75) is 39.7 Å². The zero-order valence-corrected chi connectivity index (χ0v) is 13.1. The summed E-state index contributed by atoms with van der Waals surface area (Å²) in [6.07, 6.45) is 0.513. The maximum Gasteiger partial charge on any atom is 0.341 e. The lowest BCUT2D eigenvalue weighted by Crippen LogP contribution is -2.33. The molecule has 0 spiro atoms. The van der Waals surface area contributed by atoms with Crippen molar-refractivity contribution in [1.29, 1.82) is 0 Å². The second kappa shape index (κ2) is 4.87. The van der Waals surface area contributed by atoms with Gasteiger partial charge in [0, 0.05) is 0 Å². The quantitative estimate of drug-likeness (QED) is 0.784. The van der Waals surface area contributed by atoms with E-state index in [0.29, 0.717) is 30.0 Å². The second-order valence-corrected chi connectivity index (χ2v) is 7.70. The molecule has 7 heteroatoms. The minimum Gasteiger partial charge on any atom is -0.462 e. The Morgan fingerprint density at radius 1 is 1.45 bits per heavy atom. The molecule has 0 radical (unpaired) electrons. The van der Waals surface area contributed by atoms with Crippen molar-refractivity contribution >= 4 is 15.8 Å². The molecule has 0 bridgehead atoms. The SMILES string of the molecule is CCOC(=O)c1c(C)nn(C2(C)CCS(=O)(=O)C2)c1C. The third kappa shape index (κ3) is 2.46. The van der Waals surface area contributed by atoms with Gasteiger partial charge in [0.2, 0.25) is 0 Å². The molecule has 1 aromatic heterocycles. The van der Waals surface area contributed by atoms with Crippen LogP contribution in [0.5, 0.6) is 0 Å². The summed E-state index contributed by atoms with van der Waals surface area (Å²) in [5.74, 6) is -0.181. The topological polar surface area (TPSA) is 78.3 Å². The van der Waals surface area contributed by atoms with Gasteiger partial charge in [-0.05, 0) is 34.1 Å². The van der Waals surface area contributed by atoms with Gasteiger partial charge in [0.25, 0.3) is 0 Å². The number of aryl methyl sites for hydroxylation is 1. The molecule has 1 fully saturated rings. The van der Waals surface area contributed by atoms with E-state index in [1.54, 1.807) is 25.5 Å². The summed E-state index contributed by atoms with van der Waals surface area (Å²) in [6, 6.07) is 0. The van der Waals surface area contributed by atoms with Gasteiger partial charge in [-0.1, -0.05) is 0 Å². The van der Waals surface area contributed by atoms with E-state index in [2.05, 4.69) is 5.10 Å².